The van der Waals surface area contributed by atoms with E-state index in [1.54, 1.807) is 0 Å². The molecule has 0 spiro atoms. The van der Waals surface area contributed by atoms with Crippen molar-refractivity contribution in [3.8, 4) is 0 Å². The molecule has 3 N–H and O–H groups in total. The van der Waals surface area contributed by atoms with Crippen LogP contribution in [0.1, 0.15) is 39.2 Å². The summed E-state index contributed by atoms with van der Waals surface area (Å²) < 4.78 is 0. The van der Waals surface area contributed by atoms with Crippen molar-refractivity contribution >= 4 is 11.6 Å². The van der Waals surface area contributed by atoms with Gasteiger partial charge in [0.2, 0.25) is 5.91 Å². The average molecular weight is 275 g/mol. The number of nitrogens with one attached hydrogen (secondary N) is 1. The summed E-state index contributed by atoms with van der Waals surface area (Å²) in [6, 6.07) is 8.51. The smallest absolute Gasteiger partial charge is 0.237 e. The zero-order valence-corrected chi connectivity index (χ0v) is 12.6. The van der Waals surface area contributed by atoms with Gasteiger partial charge in [0.05, 0.1) is 6.04 Å². The van der Waals surface area contributed by atoms with Crippen molar-refractivity contribution < 1.29 is 4.79 Å². The zero-order valence-electron chi connectivity index (χ0n) is 12.6. The van der Waals surface area contributed by atoms with Crippen molar-refractivity contribution in [3.63, 3.8) is 0 Å². The molecule has 3 unspecified atom stereocenters. The molecule has 1 saturated heterocycles. The van der Waals surface area contributed by atoms with Crippen molar-refractivity contribution in [1.29, 1.82) is 0 Å². The van der Waals surface area contributed by atoms with Gasteiger partial charge < -0.3 is 11.1 Å². The molecule has 4 nitrogen and oxygen atoms in total. The van der Waals surface area contributed by atoms with Gasteiger partial charge in [0, 0.05) is 24.3 Å². The Morgan fingerprint density at radius 3 is 2.40 bits per heavy atom. The van der Waals surface area contributed by atoms with Crippen molar-refractivity contribution in [3.05, 3.63) is 29.8 Å². The van der Waals surface area contributed by atoms with E-state index in [0.717, 1.165) is 11.3 Å². The molecule has 3 atom stereocenters. The second kappa shape index (κ2) is 6.27. The van der Waals surface area contributed by atoms with Gasteiger partial charge in [0.25, 0.3) is 0 Å². The Hall–Kier alpha value is -1.55. The van der Waals surface area contributed by atoms with Gasteiger partial charge in [-0.25, -0.2) is 0 Å². The highest BCUT2D eigenvalue weighted by atomic mass is 16.2. The molecule has 0 bridgehead atoms. The Balaban J connectivity index is 1.89. The van der Waals surface area contributed by atoms with Gasteiger partial charge in [0.15, 0.2) is 0 Å². The highest BCUT2D eigenvalue weighted by Crippen LogP contribution is 2.25. The van der Waals surface area contributed by atoms with Gasteiger partial charge >= 0.3 is 0 Å². The minimum Gasteiger partial charge on any atom is -0.399 e. The maximum Gasteiger partial charge on any atom is 0.237 e. The fraction of sp³-hybridized carbons (Fsp3) is 0.562. The lowest BCUT2D eigenvalue weighted by Crippen LogP contribution is -2.48. The van der Waals surface area contributed by atoms with Crippen LogP contribution in [0.15, 0.2) is 24.3 Å². The highest BCUT2D eigenvalue weighted by molar-refractivity contribution is 5.81. The third kappa shape index (κ3) is 3.31. The third-order valence-corrected chi connectivity index (χ3v) is 4.29. The molecular formula is C16H25N3O. The fourth-order valence-corrected chi connectivity index (χ4v) is 3.09. The van der Waals surface area contributed by atoms with Gasteiger partial charge in [-0.2, -0.15) is 0 Å². The van der Waals surface area contributed by atoms with Crippen molar-refractivity contribution in [2.45, 2.75) is 58.3 Å². The SMILES string of the molecule is CC1CCC(C)N1C(C)C(=O)NCc1ccc(N)cc1. The Morgan fingerprint density at radius 1 is 1.30 bits per heavy atom. The number of nitrogen functional groups attached to an aromatic ring is 1. The number of carbonyl (C=O) groups excluding carboxylic acids is 1. The van der Waals surface area contributed by atoms with Crippen LogP contribution < -0.4 is 11.1 Å². The largest absolute Gasteiger partial charge is 0.399 e. The van der Waals surface area contributed by atoms with E-state index in [2.05, 4.69) is 24.1 Å². The minimum atomic E-state index is -0.0729. The summed E-state index contributed by atoms with van der Waals surface area (Å²) in [5.74, 6) is 0.0995. The predicted octanol–water partition coefficient (Wildman–Crippen LogP) is 2.15. The van der Waals surface area contributed by atoms with E-state index in [1.165, 1.54) is 12.8 Å². The first-order chi connectivity index (χ1) is 9.49. The summed E-state index contributed by atoms with van der Waals surface area (Å²) >= 11 is 0. The van der Waals surface area contributed by atoms with E-state index < -0.39 is 0 Å². The molecule has 1 aliphatic heterocycles. The first kappa shape index (κ1) is 14.9. The highest BCUT2D eigenvalue weighted by Gasteiger charge is 2.34. The van der Waals surface area contributed by atoms with E-state index in [1.807, 2.05) is 31.2 Å². The molecule has 0 saturated carbocycles. The lowest BCUT2D eigenvalue weighted by Gasteiger charge is -2.31. The van der Waals surface area contributed by atoms with Gasteiger partial charge in [-0.15, -0.1) is 0 Å². The van der Waals surface area contributed by atoms with Gasteiger partial charge in [-0.1, -0.05) is 12.1 Å². The summed E-state index contributed by atoms with van der Waals surface area (Å²) in [5.41, 5.74) is 7.47. The monoisotopic (exact) mass is 275 g/mol. The Kier molecular flexibility index (Phi) is 4.65. The van der Waals surface area contributed by atoms with Crippen LogP contribution in [-0.2, 0) is 11.3 Å². The van der Waals surface area contributed by atoms with Crippen molar-refractivity contribution in [1.82, 2.24) is 10.2 Å². The lowest BCUT2D eigenvalue weighted by atomic mass is 10.1. The van der Waals surface area contributed by atoms with Crippen LogP contribution in [0.4, 0.5) is 5.69 Å². The van der Waals surface area contributed by atoms with E-state index >= 15 is 0 Å². The molecule has 0 radical (unpaired) electrons. The summed E-state index contributed by atoms with van der Waals surface area (Å²) in [7, 11) is 0. The Bertz CT molecular complexity index is 447. The number of hydrogen-bond donors (Lipinski definition) is 2. The molecule has 4 heteroatoms. The molecule has 1 fully saturated rings. The van der Waals surface area contributed by atoms with Crippen molar-refractivity contribution in [2.24, 2.45) is 0 Å². The van der Waals surface area contributed by atoms with Crippen LogP contribution in [0, 0.1) is 0 Å². The molecule has 0 aromatic heterocycles. The van der Waals surface area contributed by atoms with Crippen molar-refractivity contribution in [2.75, 3.05) is 5.73 Å². The summed E-state index contributed by atoms with van der Waals surface area (Å²) in [6.07, 6.45) is 2.35. The third-order valence-electron chi connectivity index (χ3n) is 4.29. The first-order valence-corrected chi connectivity index (χ1v) is 7.38. The second-order valence-corrected chi connectivity index (χ2v) is 5.86. The van der Waals surface area contributed by atoms with E-state index in [0.29, 0.717) is 18.6 Å². The van der Waals surface area contributed by atoms with Crippen LogP contribution in [0.25, 0.3) is 0 Å². The summed E-state index contributed by atoms with van der Waals surface area (Å²) in [5, 5.41) is 3.01. The topological polar surface area (TPSA) is 58.4 Å². The minimum absolute atomic E-state index is 0.0729. The number of benzene rings is 1. The molecular weight excluding hydrogens is 250 g/mol. The second-order valence-electron chi connectivity index (χ2n) is 5.86. The van der Waals surface area contributed by atoms with E-state index in [4.69, 9.17) is 5.73 Å². The zero-order chi connectivity index (χ0) is 14.7. The van der Waals surface area contributed by atoms with E-state index in [-0.39, 0.29) is 11.9 Å². The molecule has 0 aliphatic carbocycles. The molecule has 1 aliphatic rings. The number of nitrogens with two attached hydrogens (primary N) is 1. The number of likely N-dealkylation sites (tertiary alicyclic amines) is 1. The number of nitrogens with zero attached hydrogens (tertiary/aromatic N) is 1. The van der Waals surface area contributed by atoms with Gasteiger partial charge in [0.1, 0.15) is 0 Å². The van der Waals surface area contributed by atoms with Crippen LogP contribution in [0.2, 0.25) is 0 Å². The molecule has 1 heterocycles. The number of rotatable bonds is 4. The Labute approximate surface area is 121 Å². The van der Waals surface area contributed by atoms with Crippen LogP contribution in [-0.4, -0.2) is 28.9 Å². The summed E-state index contributed by atoms with van der Waals surface area (Å²) in [4.78, 5) is 14.6. The average Bonchev–Trinajstić information content (AvgIpc) is 2.76. The van der Waals surface area contributed by atoms with E-state index in [9.17, 15) is 4.79 Å². The molecule has 20 heavy (non-hydrogen) atoms. The lowest BCUT2D eigenvalue weighted by molar-refractivity contribution is -0.127. The van der Waals surface area contributed by atoms with Gasteiger partial charge in [-0.3, -0.25) is 9.69 Å². The number of anilines is 1. The van der Waals surface area contributed by atoms with Crippen LogP contribution >= 0.6 is 0 Å². The quantitative estimate of drug-likeness (QED) is 0.828. The first-order valence-electron chi connectivity index (χ1n) is 7.38. The van der Waals surface area contributed by atoms with Crippen LogP contribution in [0.5, 0.6) is 0 Å². The molecule has 1 aromatic carbocycles. The molecule has 2 rings (SSSR count). The van der Waals surface area contributed by atoms with Gasteiger partial charge in [-0.05, 0) is 51.3 Å². The predicted molar refractivity (Wildman–Crippen MR) is 82.2 cm³/mol. The summed E-state index contributed by atoms with van der Waals surface area (Å²) in [6.45, 7) is 6.96. The molecule has 1 aromatic rings. The maximum absolute atomic E-state index is 12.3. The Morgan fingerprint density at radius 2 is 1.85 bits per heavy atom. The standard InChI is InChI=1S/C16H25N3O/c1-11-4-5-12(2)19(11)13(3)16(20)18-10-14-6-8-15(17)9-7-14/h6-9,11-13H,4-5,10,17H2,1-3H3,(H,18,20). The fourth-order valence-electron chi connectivity index (χ4n) is 3.09. The number of carbonyl (C=O) groups is 1. The molecule has 1 amide bonds. The number of hydrogen-bond acceptors (Lipinski definition) is 3. The van der Waals surface area contributed by atoms with Crippen LogP contribution in [0.3, 0.4) is 0 Å². The molecule has 110 valence electrons. The number of amides is 1. The normalized spacial score (nSPS) is 24.6. The maximum atomic E-state index is 12.3.